The van der Waals surface area contributed by atoms with Crippen LogP contribution in [0, 0.1) is 12.3 Å². The van der Waals surface area contributed by atoms with Crippen LogP contribution in [0.25, 0.3) is 16.7 Å². The summed E-state index contributed by atoms with van der Waals surface area (Å²) >= 11 is 1.35. The van der Waals surface area contributed by atoms with Crippen molar-refractivity contribution >= 4 is 28.7 Å². The number of ether oxygens (including phenoxy) is 1. The van der Waals surface area contributed by atoms with E-state index in [0.29, 0.717) is 41.3 Å². The standard InChI is InChI=1S/C21H28N6O2S/c1-5-14-7-9-15(10-8-14)27-18(22)17-13(3)25-26-19(17)24-21(27)30-16(6-2)20(28)23-11-12-29-4/h7-10,16,22H,5-6,11-12H2,1-4H3,(H,23,28)(H,25,26). The van der Waals surface area contributed by atoms with Gasteiger partial charge < -0.3 is 10.1 Å². The lowest BCUT2D eigenvalue weighted by atomic mass is 10.1. The number of amides is 1. The molecule has 3 aromatic rings. The molecule has 0 aliphatic rings. The molecule has 2 heterocycles. The summed E-state index contributed by atoms with van der Waals surface area (Å²) in [5, 5.41) is 19.8. The van der Waals surface area contributed by atoms with E-state index in [-0.39, 0.29) is 11.2 Å². The van der Waals surface area contributed by atoms with Crippen molar-refractivity contribution in [3.05, 3.63) is 41.0 Å². The van der Waals surface area contributed by atoms with Crippen molar-refractivity contribution in [2.45, 2.75) is 44.0 Å². The number of carbonyl (C=O) groups excluding carboxylic acids is 1. The number of hydrogen-bond acceptors (Lipinski definition) is 6. The number of fused-ring (bicyclic) bond motifs is 1. The van der Waals surface area contributed by atoms with Gasteiger partial charge in [-0.25, -0.2) is 4.98 Å². The topological polar surface area (TPSA) is 109 Å². The summed E-state index contributed by atoms with van der Waals surface area (Å²) in [7, 11) is 1.60. The molecule has 0 saturated heterocycles. The Kier molecular flexibility index (Phi) is 7.28. The van der Waals surface area contributed by atoms with Crippen LogP contribution in [0.1, 0.15) is 31.5 Å². The molecule has 3 N–H and O–H groups in total. The monoisotopic (exact) mass is 428 g/mol. The molecule has 160 valence electrons. The van der Waals surface area contributed by atoms with Crippen molar-refractivity contribution in [2.24, 2.45) is 0 Å². The molecule has 1 aromatic carbocycles. The molecule has 0 spiro atoms. The number of H-pyrrole nitrogens is 1. The second-order valence-corrected chi connectivity index (χ2v) is 8.11. The van der Waals surface area contributed by atoms with E-state index in [1.807, 2.05) is 26.0 Å². The molecule has 1 amide bonds. The summed E-state index contributed by atoms with van der Waals surface area (Å²) in [4.78, 5) is 17.3. The maximum atomic E-state index is 12.6. The molecule has 0 bridgehead atoms. The van der Waals surface area contributed by atoms with E-state index in [0.717, 1.165) is 17.8 Å². The minimum Gasteiger partial charge on any atom is -0.383 e. The van der Waals surface area contributed by atoms with E-state index in [1.54, 1.807) is 11.7 Å². The fourth-order valence-electron chi connectivity index (χ4n) is 3.17. The molecule has 1 atom stereocenters. The van der Waals surface area contributed by atoms with Crippen LogP contribution in [-0.4, -0.2) is 51.2 Å². The van der Waals surface area contributed by atoms with Crippen molar-refractivity contribution in [3.8, 4) is 5.69 Å². The zero-order valence-electron chi connectivity index (χ0n) is 17.8. The Hall–Kier alpha value is -2.65. The second kappa shape index (κ2) is 9.90. The van der Waals surface area contributed by atoms with Crippen LogP contribution >= 0.6 is 11.8 Å². The van der Waals surface area contributed by atoms with Crippen molar-refractivity contribution in [1.29, 1.82) is 5.41 Å². The Bertz CT molecular complexity index is 1070. The van der Waals surface area contributed by atoms with Gasteiger partial charge in [0.15, 0.2) is 10.8 Å². The van der Waals surface area contributed by atoms with E-state index >= 15 is 0 Å². The van der Waals surface area contributed by atoms with Crippen LogP contribution in [0.4, 0.5) is 0 Å². The number of hydrogen-bond donors (Lipinski definition) is 3. The summed E-state index contributed by atoms with van der Waals surface area (Å²) in [5.41, 5.74) is 3.63. The minimum absolute atomic E-state index is 0.0703. The zero-order valence-corrected chi connectivity index (χ0v) is 18.6. The summed E-state index contributed by atoms with van der Waals surface area (Å²) in [6.45, 7) is 6.87. The Morgan fingerprint density at radius 3 is 2.70 bits per heavy atom. The maximum absolute atomic E-state index is 12.6. The molecule has 2 aromatic heterocycles. The van der Waals surface area contributed by atoms with Gasteiger partial charge in [0.2, 0.25) is 5.91 Å². The number of nitrogens with zero attached hydrogens (tertiary/aromatic N) is 3. The fourth-order valence-corrected chi connectivity index (χ4v) is 4.22. The smallest absolute Gasteiger partial charge is 0.233 e. The first-order chi connectivity index (χ1) is 14.5. The second-order valence-electron chi connectivity index (χ2n) is 6.94. The normalized spacial score (nSPS) is 12.3. The molecular weight excluding hydrogens is 400 g/mol. The maximum Gasteiger partial charge on any atom is 0.233 e. The number of thioether (sulfide) groups is 1. The Morgan fingerprint density at radius 1 is 1.33 bits per heavy atom. The van der Waals surface area contributed by atoms with Gasteiger partial charge in [-0.15, -0.1) is 0 Å². The number of carbonyl (C=O) groups is 1. The summed E-state index contributed by atoms with van der Waals surface area (Å²) in [6, 6.07) is 8.09. The third kappa shape index (κ3) is 4.57. The molecule has 30 heavy (non-hydrogen) atoms. The van der Waals surface area contributed by atoms with Gasteiger partial charge in [-0.3, -0.25) is 19.9 Å². The Labute approximate surface area is 179 Å². The van der Waals surface area contributed by atoms with Crippen LogP contribution in [0.3, 0.4) is 0 Å². The quantitative estimate of drug-likeness (QED) is 0.276. The van der Waals surface area contributed by atoms with Gasteiger partial charge in [-0.1, -0.05) is 37.7 Å². The van der Waals surface area contributed by atoms with Crippen LogP contribution in [-0.2, 0) is 16.0 Å². The number of methoxy groups -OCH3 is 1. The van der Waals surface area contributed by atoms with Crippen LogP contribution in [0.5, 0.6) is 0 Å². The minimum atomic E-state index is -0.340. The number of benzene rings is 1. The molecule has 3 rings (SSSR count). The molecule has 0 fully saturated rings. The van der Waals surface area contributed by atoms with E-state index in [4.69, 9.17) is 15.1 Å². The molecular formula is C21H28N6O2S. The van der Waals surface area contributed by atoms with Crippen molar-refractivity contribution < 1.29 is 9.53 Å². The lowest BCUT2D eigenvalue weighted by molar-refractivity contribution is -0.120. The third-order valence-electron chi connectivity index (χ3n) is 4.90. The number of nitrogens with one attached hydrogen (secondary N) is 3. The molecule has 0 aliphatic heterocycles. The predicted molar refractivity (Wildman–Crippen MR) is 118 cm³/mol. The number of rotatable bonds is 9. The highest BCUT2D eigenvalue weighted by molar-refractivity contribution is 8.00. The first-order valence-corrected chi connectivity index (χ1v) is 10.9. The van der Waals surface area contributed by atoms with Crippen LogP contribution < -0.4 is 10.8 Å². The lowest BCUT2D eigenvalue weighted by Gasteiger charge is -2.18. The number of aromatic amines is 1. The van der Waals surface area contributed by atoms with Gasteiger partial charge in [0.05, 0.1) is 17.2 Å². The highest BCUT2D eigenvalue weighted by Crippen LogP contribution is 2.27. The third-order valence-corrected chi connectivity index (χ3v) is 6.22. The van der Waals surface area contributed by atoms with Gasteiger partial charge in [-0.05, 0) is 37.5 Å². The number of aryl methyl sites for hydroxylation is 2. The molecule has 9 heteroatoms. The SMILES string of the molecule is CCc1ccc(-n2c(SC(CC)C(=O)NCCOC)nc3n[nH]c(C)c3c2=N)cc1. The summed E-state index contributed by atoms with van der Waals surface area (Å²) in [6.07, 6.45) is 1.57. The van der Waals surface area contributed by atoms with Crippen molar-refractivity contribution in [3.63, 3.8) is 0 Å². The van der Waals surface area contributed by atoms with Gasteiger partial charge in [0, 0.05) is 25.0 Å². The van der Waals surface area contributed by atoms with Gasteiger partial charge >= 0.3 is 0 Å². The average molecular weight is 429 g/mol. The van der Waals surface area contributed by atoms with Gasteiger partial charge in [0.25, 0.3) is 0 Å². The first kappa shape index (κ1) is 22.0. The largest absolute Gasteiger partial charge is 0.383 e. The Balaban J connectivity index is 2.05. The molecule has 8 nitrogen and oxygen atoms in total. The van der Waals surface area contributed by atoms with E-state index in [1.165, 1.54) is 17.3 Å². The fraction of sp³-hybridized carbons (Fsp3) is 0.429. The van der Waals surface area contributed by atoms with Gasteiger partial charge in [-0.2, -0.15) is 5.10 Å². The predicted octanol–water partition coefficient (Wildman–Crippen LogP) is 2.73. The molecule has 0 aliphatic carbocycles. The molecule has 0 radical (unpaired) electrons. The van der Waals surface area contributed by atoms with E-state index < -0.39 is 0 Å². The lowest BCUT2D eigenvalue weighted by Crippen LogP contribution is -2.35. The van der Waals surface area contributed by atoms with Crippen molar-refractivity contribution in [1.82, 2.24) is 25.1 Å². The zero-order chi connectivity index (χ0) is 21.7. The van der Waals surface area contributed by atoms with E-state index in [2.05, 4.69) is 34.6 Å². The van der Waals surface area contributed by atoms with Crippen LogP contribution in [0.2, 0.25) is 0 Å². The molecule has 0 saturated carbocycles. The van der Waals surface area contributed by atoms with Crippen LogP contribution in [0.15, 0.2) is 29.4 Å². The highest BCUT2D eigenvalue weighted by atomic mass is 32.2. The van der Waals surface area contributed by atoms with Crippen molar-refractivity contribution in [2.75, 3.05) is 20.3 Å². The Morgan fingerprint density at radius 2 is 2.07 bits per heavy atom. The summed E-state index contributed by atoms with van der Waals surface area (Å²) in [5.74, 6) is -0.0703. The highest BCUT2D eigenvalue weighted by Gasteiger charge is 2.22. The molecule has 1 unspecified atom stereocenters. The average Bonchev–Trinajstić information content (AvgIpc) is 3.13. The number of aromatic nitrogens is 4. The van der Waals surface area contributed by atoms with Gasteiger partial charge in [0.1, 0.15) is 5.49 Å². The first-order valence-electron chi connectivity index (χ1n) is 10.0. The van der Waals surface area contributed by atoms with E-state index in [9.17, 15) is 4.79 Å². The summed E-state index contributed by atoms with van der Waals surface area (Å²) < 4.78 is 6.80.